The van der Waals surface area contributed by atoms with Gasteiger partial charge in [-0.25, -0.2) is 0 Å². The van der Waals surface area contributed by atoms with Gasteiger partial charge in [0, 0.05) is 12.1 Å². The summed E-state index contributed by atoms with van der Waals surface area (Å²) in [5.74, 6) is 2.87. The van der Waals surface area contributed by atoms with Gasteiger partial charge >= 0.3 is 0 Å². The van der Waals surface area contributed by atoms with Crippen molar-refractivity contribution in [3.8, 4) is 0 Å². The Morgan fingerprint density at radius 1 is 0.765 bits per heavy atom. The number of rotatable bonds is 3. The van der Waals surface area contributed by atoms with Crippen LogP contribution >= 0.6 is 0 Å². The lowest BCUT2D eigenvalue weighted by molar-refractivity contribution is 0.129. The molecule has 0 aromatic heterocycles. The van der Waals surface area contributed by atoms with Gasteiger partial charge < -0.3 is 11.5 Å². The molecule has 17 heavy (non-hydrogen) atoms. The van der Waals surface area contributed by atoms with E-state index in [0.29, 0.717) is 12.1 Å². The van der Waals surface area contributed by atoms with Crippen LogP contribution in [0.25, 0.3) is 0 Å². The standard InChI is InChI=1S/C15H30N2/c1-2-15(11-3-7-13(16)8-4-11)12-5-9-14(17)10-6-12/h11-15H,2-10,16-17H2,1H3. The lowest BCUT2D eigenvalue weighted by atomic mass is 9.67. The van der Waals surface area contributed by atoms with Crippen LogP contribution in [0.1, 0.15) is 64.7 Å². The molecule has 100 valence electrons. The molecule has 4 N–H and O–H groups in total. The molecular formula is C15H30N2. The molecule has 0 bridgehead atoms. The van der Waals surface area contributed by atoms with Crippen molar-refractivity contribution in [1.29, 1.82) is 0 Å². The molecule has 2 rings (SSSR count). The zero-order valence-corrected chi connectivity index (χ0v) is 11.4. The first-order chi connectivity index (χ1) is 8.20. The SMILES string of the molecule is CCC(C1CCC(N)CC1)C1CCC(N)CC1. The molecule has 2 aliphatic carbocycles. The first kappa shape index (κ1) is 13.4. The fourth-order valence-corrected chi connectivity index (χ4v) is 4.20. The summed E-state index contributed by atoms with van der Waals surface area (Å²) in [6.45, 7) is 2.38. The predicted octanol–water partition coefficient (Wildman–Crippen LogP) is 3.05. The summed E-state index contributed by atoms with van der Waals surface area (Å²) in [5.41, 5.74) is 12.0. The maximum Gasteiger partial charge on any atom is 0.00390 e. The van der Waals surface area contributed by atoms with E-state index in [1.807, 2.05) is 0 Å². The molecule has 2 heteroatoms. The quantitative estimate of drug-likeness (QED) is 0.794. The molecular weight excluding hydrogens is 208 g/mol. The lowest BCUT2D eigenvalue weighted by Crippen LogP contribution is -2.35. The molecule has 2 nitrogen and oxygen atoms in total. The highest BCUT2D eigenvalue weighted by atomic mass is 14.6. The van der Waals surface area contributed by atoms with E-state index in [2.05, 4.69) is 6.92 Å². The molecule has 2 aliphatic rings. The van der Waals surface area contributed by atoms with Crippen molar-refractivity contribution in [2.75, 3.05) is 0 Å². The van der Waals surface area contributed by atoms with Crippen LogP contribution in [0.3, 0.4) is 0 Å². The van der Waals surface area contributed by atoms with Crippen LogP contribution in [-0.4, -0.2) is 12.1 Å². The largest absolute Gasteiger partial charge is 0.328 e. The Labute approximate surface area is 107 Å². The zero-order valence-electron chi connectivity index (χ0n) is 11.4. The van der Waals surface area contributed by atoms with Gasteiger partial charge in [0.1, 0.15) is 0 Å². The van der Waals surface area contributed by atoms with Crippen LogP contribution in [0.15, 0.2) is 0 Å². The van der Waals surface area contributed by atoms with Crippen molar-refractivity contribution in [1.82, 2.24) is 0 Å². The summed E-state index contributed by atoms with van der Waals surface area (Å²) < 4.78 is 0. The Morgan fingerprint density at radius 3 is 1.41 bits per heavy atom. The van der Waals surface area contributed by atoms with E-state index in [1.54, 1.807) is 0 Å². The van der Waals surface area contributed by atoms with Gasteiger partial charge in [-0.15, -0.1) is 0 Å². The molecule has 0 spiro atoms. The third kappa shape index (κ3) is 3.45. The summed E-state index contributed by atoms with van der Waals surface area (Å²) >= 11 is 0. The second-order valence-electron chi connectivity index (χ2n) is 6.42. The summed E-state index contributed by atoms with van der Waals surface area (Å²) in [6.07, 6.45) is 11.9. The van der Waals surface area contributed by atoms with Crippen LogP contribution in [0.2, 0.25) is 0 Å². The molecule has 0 radical (unpaired) electrons. The highest BCUT2D eigenvalue weighted by Gasteiger charge is 2.32. The van der Waals surface area contributed by atoms with E-state index in [1.165, 1.54) is 57.8 Å². The van der Waals surface area contributed by atoms with E-state index in [9.17, 15) is 0 Å². The normalized spacial score (nSPS) is 41.1. The molecule has 0 heterocycles. The van der Waals surface area contributed by atoms with Crippen LogP contribution in [0.5, 0.6) is 0 Å². The molecule has 0 aromatic carbocycles. The third-order valence-electron chi connectivity index (χ3n) is 5.32. The summed E-state index contributed by atoms with van der Waals surface area (Å²) in [4.78, 5) is 0. The van der Waals surface area contributed by atoms with Crippen molar-refractivity contribution >= 4 is 0 Å². The Hall–Kier alpha value is -0.0800. The maximum absolute atomic E-state index is 6.02. The van der Waals surface area contributed by atoms with Crippen molar-refractivity contribution in [2.45, 2.75) is 76.8 Å². The van der Waals surface area contributed by atoms with E-state index in [0.717, 1.165) is 17.8 Å². The lowest BCUT2D eigenvalue weighted by Gasteiger charge is -2.39. The summed E-state index contributed by atoms with van der Waals surface area (Å²) in [6, 6.07) is 0.979. The summed E-state index contributed by atoms with van der Waals surface area (Å²) in [5, 5.41) is 0. The minimum atomic E-state index is 0.489. The van der Waals surface area contributed by atoms with E-state index in [-0.39, 0.29) is 0 Å². The fraction of sp³-hybridized carbons (Fsp3) is 1.00. The first-order valence-electron chi connectivity index (χ1n) is 7.71. The van der Waals surface area contributed by atoms with Crippen molar-refractivity contribution in [3.05, 3.63) is 0 Å². The van der Waals surface area contributed by atoms with Gasteiger partial charge in [-0.3, -0.25) is 0 Å². The molecule has 0 aromatic rings. The highest BCUT2D eigenvalue weighted by Crippen LogP contribution is 2.41. The fourth-order valence-electron chi connectivity index (χ4n) is 4.20. The topological polar surface area (TPSA) is 52.0 Å². The number of hydrogen-bond acceptors (Lipinski definition) is 2. The van der Waals surface area contributed by atoms with Crippen molar-refractivity contribution in [3.63, 3.8) is 0 Å². The molecule has 2 saturated carbocycles. The Kier molecular flexibility index (Phi) is 4.87. The summed E-state index contributed by atoms with van der Waals surface area (Å²) in [7, 11) is 0. The molecule has 2 fully saturated rings. The molecule has 0 atom stereocenters. The predicted molar refractivity (Wildman–Crippen MR) is 73.6 cm³/mol. The van der Waals surface area contributed by atoms with Gasteiger partial charge in [0.25, 0.3) is 0 Å². The van der Waals surface area contributed by atoms with Gasteiger partial charge in [-0.05, 0) is 69.1 Å². The van der Waals surface area contributed by atoms with Gasteiger partial charge in [-0.1, -0.05) is 13.3 Å². The van der Waals surface area contributed by atoms with Gasteiger partial charge in [0.2, 0.25) is 0 Å². The van der Waals surface area contributed by atoms with Gasteiger partial charge in [0.15, 0.2) is 0 Å². The number of hydrogen-bond donors (Lipinski definition) is 2. The average Bonchev–Trinajstić information content (AvgIpc) is 2.35. The van der Waals surface area contributed by atoms with Crippen LogP contribution in [0, 0.1) is 17.8 Å². The second kappa shape index (κ2) is 6.19. The monoisotopic (exact) mass is 238 g/mol. The molecule has 0 unspecified atom stereocenters. The Balaban J connectivity index is 1.87. The minimum Gasteiger partial charge on any atom is -0.328 e. The Bertz CT molecular complexity index is 191. The van der Waals surface area contributed by atoms with Gasteiger partial charge in [-0.2, -0.15) is 0 Å². The van der Waals surface area contributed by atoms with Crippen molar-refractivity contribution < 1.29 is 0 Å². The third-order valence-corrected chi connectivity index (χ3v) is 5.32. The maximum atomic E-state index is 6.02. The minimum absolute atomic E-state index is 0.489. The number of nitrogens with two attached hydrogens (primary N) is 2. The van der Waals surface area contributed by atoms with Crippen LogP contribution in [0.4, 0.5) is 0 Å². The highest BCUT2D eigenvalue weighted by molar-refractivity contribution is 4.85. The molecule has 0 amide bonds. The average molecular weight is 238 g/mol. The second-order valence-corrected chi connectivity index (χ2v) is 6.42. The van der Waals surface area contributed by atoms with E-state index in [4.69, 9.17) is 11.5 Å². The molecule has 0 saturated heterocycles. The van der Waals surface area contributed by atoms with E-state index < -0.39 is 0 Å². The van der Waals surface area contributed by atoms with Crippen molar-refractivity contribution in [2.24, 2.45) is 29.2 Å². The van der Waals surface area contributed by atoms with Crippen LogP contribution < -0.4 is 11.5 Å². The van der Waals surface area contributed by atoms with Crippen LogP contribution in [-0.2, 0) is 0 Å². The van der Waals surface area contributed by atoms with Gasteiger partial charge in [0.05, 0.1) is 0 Å². The first-order valence-corrected chi connectivity index (χ1v) is 7.71. The smallest absolute Gasteiger partial charge is 0.00390 e. The van der Waals surface area contributed by atoms with E-state index >= 15 is 0 Å². The zero-order chi connectivity index (χ0) is 12.3. The molecule has 0 aliphatic heterocycles. The Morgan fingerprint density at radius 2 is 1.12 bits per heavy atom.